The molecular weight excluding hydrogens is 186 g/mol. The molecular formula is C9H15NO4. The standard InChI is InChI=1S/C9H15NO4/c1-12-8(11)6-7-9(2-3-10-7)13-4-5-14-9/h7,10H,2-6H2,1H3. The van der Waals surface area contributed by atoms with Gasteiger partial charge in [-0.3, -0.25) is 4.79 Å². The van der Waals surface area contributed by atoms with Crippen molar-refractivity contribution >= 4 is 5.97 Å². The highest BCUT2D eigenvalue weighted by atomic mass is 16.7. The van der Waals surface area contributed by atoms with Gasteiger partial charge in [0.25, 0.3) is 0 Å². The molecule has 80 valence electrons. The van der Waals surface area contributed by atoms with Gasteiger partial charge in [0.05, 0.1) is 32.8 Å². The smallest absolute Gasteiger partial charge is 0.307 e. The molecule has 5 heteroatoms. The third kappa shape index (κ3) is 1.63. The molecule has 5 nitrogen and oxygen atoms in total. The molecule has 2 heterocycles. The van der Waals surface area contributed by atoms with Gasteiger partial charge < -0.3 is 19.5 Å². The normalized spacial score (nSPS) is 29.6. The molecule has 2 aliphatic heterocycles. The van der Waals surface area contributed by atoms with Gasteiger partial charge in [-0.25, -0.2) is 0 Å². The van der Waals surface area contributed by atoms with Crippen LogP contribution >= 0.6 is 0 Å². The molecule has 0 bridgehead atoms. The van der Waals surface area contributed by atoms with Gasteiger partial charge in [-0.05, 0) is 0 Å². The average Bonchev–Trinajstić information content (AvgIpc) is 2.79. The predicted molar refractivity (Wildman–Crippen MR) is 47.7 cm³/mol. The summed E-state index contributed by atoms with van der Waals surface area (Å²) in [5.41, 5.74) is 0. The lowest BCUT2D eigenvalue weighted by atomic mass is 10.1. The van der Waals surface area contributed by atoms with Crippen LogP contribution in [0.1, 0.15) is 12.8 Å². The van der Waals surface area contributed by atoms with E-state index in [1.165, 1.54) is 7.11 Å². The summed E-state index contributed by atoms with van der Waals surface area (Å²) in [4.78, 5) is 11.1. The first kappa shape index (κ1) is 9.89. The van der Waals surface area contributed by atoms with E-state index in [4.69, 9.17) is 9.47 Å². The molecule has 0 aromatic carbocycles. The van der Waals surface area contributed by atoms with E-state index in [9.17, 15) is 4.79 Å². The van der Waals surface area contributed by atoms with Crippen LogP contribution in [0.4, 0.5) is 0 Å². The van der Waals surface area contributed by atoms with E-state index < -0.39 is 5.79 Å². The second-order valence-corrected chi connectivity index (χ2v) is 3.55. The zero-order chi connectivity index (χ0) is 10.0. The monoisotopic (exact) mass is 201 g/mol. The molecule has 1 N–H and O–H groups in total. The first-order valence-corrected chi connectivity index (χ1v) is 4.85. The fraction of sp³-hybridized carbons (Fsp3) is 0.889. The fourth-order valence-corrected chi connectivity index (χ4v) is 2.04. The zero-order valence-electron chi connectivity index (χ0n) is 8.25. The van der Waals surface area contributed by atoms with E-state index in [1.54, 1.807) is 0 Å². The number of hydrogen-bond donors (Lipinski definition) is 1. The fourth-order valence-electron chi connectivity index (χ4n) is 2.04. The van der Waals surface area contributed by atoms with Crippen molar-refractivity contribution in [3.63, 3.8) is 0 Å². The molecule has 2 fully saturated rings. The third-order valence-electron chi connectivity index (χ3n) is 2.77. The molecule has 0 amide bonds. The van der Waals surface area contributed by atoms with Crippen molar-refractivity contribution in [2.24, 2.45) is 0 Å². The van der Waals surface area contributed by atoms with Crippen LogP contribution in [-0.4, -0.2) is 44.7 Å². The van der Waals surface area contributed by atoms with Crippen molar-refractivity contribution in [3.8, 4) is 0 Å². The Bertz CT molecular complexity index is 219. The minimum atomic E-state index is -0.575. The minimum Gasteiger partial charge on any atom is -0.469 e. The Balaban J connectivity index is 1.99. The number of ether oxygens (including phenoxy) is 3. The lowest BCUT2D eigenvalue weighted by molar-refractivity contribution is -0.171. The minimum absolute atomic E-state index is 0.0718. The summed E-state index contributed by atoms with van der Waals surface area (Å²) >= 11 is 0. The number of hydrogen-bond acceptors (Lipinski definition) is 5. The first-order chi connectivity index (χ1) is 6.77. The lowest BCUT2D eigenvalue weighted by Crippen LogP contribution is -2.45. The maximum absolute atomic E-state index is 11.1. The van der Waals surface area contributed by atoms with Gasteiger partial charge in [0.2, 0.25) is 0 Å². The van der Waals surface area contributed by atoms with Crippen LogP contribution in [0.3, 0.4) is 0 Å². The van der Waals surface area contributed by atoms with Gasteiger partial charge in [0.15, 0.2) is 5.79 Å². The van der Waals surface area contributed by atoms with Crippen LogP contribution in [0.25, 0.3) is 0 Å². The molecule has 2 aliphatic rings. The molecule has 0 radical (unpaired) electrons. The Morgan fingerprint density at radius 1 is 1.57 bits per heavy atom. The summed E-state index contributed by atoms with van der Waals surface area (Å²) in [6.07, 6.45) is 1.10. The van der Waals surface area contributed by atoms with Gasteiger partial charge in [-0.2, -0.15) is 0 Å². The van der Waals surface area contributed by atoms with Crippen LogP contribution in [0.15, 0.2) is 0 Å². The molecule has 1 spiro atoms. The van der Waals surface area contributed by atoms with Crippen LogP contribution < -0.4 is 5.32 Å². The Kier molecular flexibility index (Phi) is 2.71. The molecule has 14 heavy (non-hydrogen) atoms. The van der Waals surface area contributed by atoms with E-state index in [2.05, 4.69) is 10.1 Å². The summed E-state index contributed by atoms with van der Waals surface area (Å²) < 4.78 is 15.8. The van der Waals surface area contributed by atoms with E-state index in [-0.39, 0.29) is 12.0 Å². The molecule has 2 rings (SSSR count). The van der Waals surface area contributed by atoms with Gasteiger partial charge in [0, 0.05) is 13.0 Å². The van der Waals surface area contributed by atoms with Crippen molar-refractivity contribution in [1.29, 1.82) is 0 Å². The number of methoxy groups -OCH3 is 1. The number of carbonyl (C=O) groups is 1. The summed E-state index contributed by atoms with van der Waals surface area (Å²) in [6.45, 7) is 2.04. The molecule has 0 aliphatic carbocycles. The van der Waals surface area contributed by atoms with E-state index >= 15 is 0 Å². The molecule has 1 unspecified atom stereocenters. The largest absolute Gasteiger partial charge is 0.469 e. The number of esters is 1. The summed E-state index contributed by atoms with van der Waals surface area (Å²) in [5.74, 6) is -0.809. The van der Waals surface area contributed by atoms with E-state index in [0.717, 1.165) is 13.0 Å². The third-order valence-corrected chi connectivity index (χ3v) is 2.77. The second-order valence-electron chi connectivity index (χ2n) is 3.55. The number of nitrogens with one attached hydrogen (secondary N) is 1. The van der Waals surface area contributed by atoms with Crippen molar-refractivity contribution in [1.82, 2.24) is 5.32 Å². The second kappa shape index (κ2) is 3.84. The predicted octanol–water partition coefficient (Wildman–Crippen LogP) is -0.345. The van der Waals surface area contributed by atoms with Gasteiger partial charge >= 0.3 is 5.97 Å². The molecule has 2 saturated heterocycles. The van der Waals surface area contributed by atoms with Crippen molar-refractivity contribution in [3.05, 3.63) is 0 Å². The molecule has 1 atom stereocenters. The average molecular weight is 201 g/mol. The quantitative estimate of drug-likeness (QED) is 0.619. The highest BCUT2D eigenvalue weighted by Crippen LogP contribution is 2.32. The van der Waals surface area contributed by atoms with Gasteiger partial charge in [-0.15, -0.1) is 0 Å². The summed E-state index contributed by atoms with van der Waals surface area (Å²) in [7, 11) is 1.39. The highest BCUT2D eigenvalue weighted by molar-refractivity contribution is 5.70. The Labute approximate surface area is 82.7 Å². The zero-order valence-corrected chi connectivity index (χ0v) is 8.25. The summed E-state index contributed by atoms with van der Waals surface area (Å²) in [5, 5.41) is 3.20. The summed E-state index contributed by atoms with van der Waals surface area (Å²) in [6, 6.07) is -0.0718. The van der Waals surface area contributed by atoms with Crippen molar-refractivity contribution in [2.75, 3.05) is 26.9 Å². The van der Waals surface area contributed by atoms with Crippen molar-refractivity contribution in [2.45, 2.75) is 24.7 Å². The van der Waals surface area contributed by atoms with Crippen LogP contribution in [0.5, 0.6) is 0 Å². The Morgan fingerprint density at radius 3 is 2.93 bits per heavy atom. The molecule has 0 saturated carbocycles. The van der Waals surface area contributed by atoms with E-state index in [1.807, 2.05) is 0 Å². The molecule has 0 aromatic heterocycles. The van der Waals surface area contributed by atoms with Crippen LogP contribution in [-0.2, 0) is 19.0 Å². The maximum Gasteiger partial charge on any atom is 0.307 e. The van der Waals surface area contributed by atoms with E-state index in [0.29, 0.717) is 19.6 Å². The lowest BCUT2D eigenvalue weighted by Gasteiger charge is -2.27. The van der Waals surface area contributed by atoms with Crippen LogP contribution in [0, 0.1) is 0 Å². The Hall–Kier alpha value is -0.650. The van der Waals surface area contributed by atoms with Crippen molar-refractivity contribution < 1.29 is 19.0 Å². The highest BCUT2D eigenvalue weighted by Gasteiger charge is 2.48. The topological polar surface area (TPSA) is 56.8 Å². The Morgan fingerprint density at radius 2 is 2.29 bits per heavy atom. The number of carbonyl (C=O) groups excluding carboxylic acids is 1. The maximum atomic E-state index is 11.1. The van der Waals surface area contributed by atoms with Crippen LogP contribution in [0.2, 0.25) is 0 Å². The van der Waals surface area contributed by atoms with Gasteiger partial charge in [0.1, 0.15) is 0 Å². The van der Waals surface area contributed by atoms with Gasteiger partial charge in [-0.1, -0.05) is 0 Å². The first-order valence-electron chi connectivity index (χ1n) is 4.85. The number of rotatable bonds is 2. The molecule has 0 aromatic rings. The SMILES string of the molecule is COC(=O)CC1NCCC12OCCO2.